The van der Waals surface area contributed by atoms with Crippen LogP contribution in [-0.4, -0.2) is 21.6 Å². The summed E-state index contributed by atoms with van der Waals surface area (Å²) in [4.78, 5) is 6.54. The lowest BCUT2D eigenvalue weighted by Gasteiger charge is -2.39. The first-order chi connectivity index (χ1) is 12.7. The molecule has 0 aliphatic carbocycles. The third kappa shape index (κ3) is 4.45. The highest BCUT2D eigenvalue weighted by atomic mass is 16.5. The predicted octanol–water partition coefficient (Wildman–Crippen LogP) is 4.82. The molecule has 0 spiro atoms. The fourth-order valence-electron chi connectivity index (χ4n) is 3.41. The first kappa shape index (κ1) is 18.5. The lowest BCUT2D eigenvalue weighted by molar-refractivity contribution is 0.102. The molecule has 1 unspecified atom stereocenters. The summed E-state index contributed by atoms with van der Waals surface area (Å²) in [5.41, 5.74) is 8.14. The standard InChI is InChI=1S/C21H30N4O/c1-3-4-5-6-7-8-9-17-10-12-18(13-11-17)20-23-21(26-24-20)19-14-15-25(19)16(2)22/h10-13,19H,2-9,14-15,22H2,1H3. The van der Waals surface area contributed by atoms with Crippen LogP contribution in [0.3, 0.4) is 0 Å². The van der Waals surface area contributed by atoms with Crippen LogP contribution >= 0.6 is 0 Å². The Kier molecular flexibility index (Phi) is 6.31. The SMILES string of the molecule is C=C(N)N1CCC1c1nc(-c2ccc(CCCCCCCC)cc2)no1. The number of nitrogens with zero attached hydrogens (tertiary/aromatic N) is 3. The molecular formula is C21H30N4O. The Morgan fingerprint density at radius 3 is 2.58 bits per heavy atom. The van der Waals surface area contributed by atoms with Crippen molar-refractivity contribution in [1.29, 1.82) is 0 Å². The van der Waals surface area contributed by atoms with Crippen LogP contribution < -0.4 is 5.73 Å². The molecule has 0 radical (unpaired) electrons. The van der Waals surface area contributed by atoms with Crippen LogP contribution in [-0.2, 0) is 6.42 Å². The van der Waals surface area contributed by atoms with Gasteiger partial charge in [-0.1, -0.05) is 75.0 Å². The summed E-state index contributed by atoms with van der Waals surface area (Å²) in [6, 6.07) is 8.59. The molecule has 2 aromatic rings. The Hall–Kier alpha value is -2.30. The minimum absolute atomic E-state index is 0.0701. The molecule has 3 rings (SSSR count). The lowest BCUT2D eigenvalue weighted by Crippen LogP contribution is -2.42. The third-order valence-corrected chi connectivity index (χ3v) is 5.15. The monoisotopic (exact) mass is 354 g/mol. The van der Waals surface area contributed by atoms with Crippen LogP contribution in [0.15, 0.2) is 41.2 Å². The number of hydrogen-bond donors (Lipinski definition) is 1. The van der Waals surface area contributed by atoms with Gasteiger partial charge in [0.1, 0.15) is 6.04 Å². The summed E-state index contributed by atoms with van der Waals surface area (Å²) >= 11 is 0. The molecule has 1 aromatic carbocycles. The molecule has 1 saturated heterocycles. The van der Waals surface area contributed by atoms with Crippen LogP contribution in [0.4, 0.5) is 0 Å². The number of aromatic nitrogens is 2. The summed E-state index contributed by atoms with van der Waals surface area (Å²) in [6.45, 7) is 6.94. The van der Waals surface area contributed by atoms with Crippen molar-refractivity contribution in [2.45, 2.75) is 64.3 Å². The number of unbranched alkanes of at least 4 members (excludes halogenated alkanes) is 5. The molecule has 1 aliphatic heterocycles. The number of likely N-dealkylation sites (tertiary alicyclic amines) is 1. The first-order valence-electron chi connectivity index (χ1n) is 9.83. The maximum atomic E-state index is 5.78. The normalized spacial score (nSPS) is 16.5. The van der Waals surface area contributed by atoms with E-state index in [1.165, 1.54) is 44.1 Å². The van der Waals surface area contributed by atoms with E-state index in [4.69, 9.17) is 10.3 Å². The molecule has 0 bridgehead atoms. The van der Waals surface area contributed by atoms with E-state index in [-0.39, 0.29) is 6.04 Å². The highest BCUT2D eigenvalue weighted by Crippen LogP contribution is 2.34. The quantitative estimate of drug-likeness (QED) is 0.620. The van der Waals surface area contributed by atoms with Crippen LogP contribution in [0.5, 0.6) is 0 Å². The maximum absolute atomic E-state index is 5.78. The molecule has 1 aliphatic rings. The third-order valence-electron chi connectivity index (χ3n) is 5.15. The smallest absolute Gasteiger partial charge is 0.249 e. The van der Waals surface area contributed by atoms with E-state index in [0.29, 0.717) is 17.5 Å². The molecule has 1 aromatic heterocycles. The van der Waals surface area contributed by atoms with Crippen LogP contribution in [0.2, 0.25) is 0 Å². The average Bonchev–Trinajstić information content (AvgIpc) is 3.06. The predicted molar refractivity (Wildman–Crippen MR) is 104 cm³/mol. The van der Waals surface area contributed by atoms with E-state index in [1.54, 1.807) is 0 Å². The number of rotatable bonds is 10. The zero-order valence-corrected chi connectivity index (χ0v) is 15.8. The summed E-state index contributed by atoms with van der Waals surface area (Å²) in [5, 5.41) is 4.13. The van der Waals surface area contributed by atoms with Gasteiger partial charge in [0.25, 0.3) is 0 Å². The average molecular weight is 354 g/mol. The molecule has 2 N–H and O–H groups in total. The summed E-state index contributed by atoms with van der Waals surface area (Å²) < 4.78 is 5.45. The van der Waals surface area contributed by atoms with Crippen LogP contribution in [0.1, 0.15) is 69.4 Å². The number of aryl methyl sites for hydroxylation is 1. The van der Waals surface area contributed by atoms with Crippen LogP contribution in [0.25, 0.3) is 11.4 Å². The second kappa shape index (κ2) is 8.88. The van der Waals surface area contributed by atoms with Gasteiger partial charge in [0.15, 0.2) is 0 Å². The number of nitrogens with two attached hydrogens (primary N) is 1. The minimum Gasteiger partial charge on any atom is -0.386 e. The molecular weight excluding hydrogens is 324 g/mol. The number of hydrogen-bond acceptors (Lipinski definition) is 5. The molecule has 2 heterocycles. The van der Waals surface area contributed by atoms with E-state index in [1.807, 2.05) is 4.90 Å². The zero-order chi connectivity index (χ0) is 18.4. The Balaban J connectivity index is 1.52. The zero-order valence-electron chi connectivity index (χ0n) is 15.8. The Morgan fingerprint density at radius 2 is 1.92 bits per heavy atom. The van der Waals surface area contributed by atoms with E-state index in [2.05, 4.69) is 47.9 Å². The molecule has 0 amide bonds. The van der Waals surface area contributed by atoms with Gasteiger partial charge in [-0.25, -0.2) is 0 Å². The Morgan fingerprint density at radius 1 is 1.19 bits per heavy atom. The second-order valence-corrected chi connectivity index (χ2v) is 7.16. The van der Waals surface area contributed by atoms with Crippen LogP contribution in [0, 0.1) is 0 Å². The van der Waals surface area contributed by atoms with E-state index < -0.39 is 0 Å². The largest absolute Gasteiger partial charge is 0.386 e. The molecule has 1 fully saturated rings. The molecule has 26 heavy (non-hydrogen) atoms. The van der Waals surface area contributed by atoms with Gasteiger partial charge in [0.05, 0.1) is 5.82 Å². The van der Waals surface area contributed by atoms with Gasteiger partial charge < -0.3 is 15.2 Å². The first-order valence-corrected chi connectivity index (χ1v) is 9.83. The Labute approximate surface area is 156 Å². The van der Waals surface area contributed by atoms with Crippen molar-refractivity contribution in [3.63, 3.8) is 0 Å². The minimum atomic E-state index is 0.0701. The maximum Gasteiger partial charge on any atom is 0.249 e. The van der Waals surface area contributed by atoms with E-state index in [9.17, 15) is 0 Å². The van der Waals surface area contributed by atoms with Crippen molar-refractivity contribution < 1.29 is 4.52 Å². The van der Waals surface area contributed by atoms with Gasteiger partial charge in [0, 0.05) is 12.1 Å². The van der Waals surface area contributed by atoms with Crippen molar-refractivity contribution in [3.05, 3.63) is 48.1 Å². The molecule has 140 valence electrons. The molecule has 1 atom stereocenters. The molecule has 5 heteroatoms. The van der Waals surface area contributed by atoms with Crippen molar-refractivity contribution >= 4 is 0 Å². The van der Waals surface area contributed by atoms with Gasteiger partial charge in [-0.3, -0.25) is 0 Å². The van der Waals surface area contributed by atoms with Gasteiger partial charge in [-0.05, 0) is 24.8 Å². The van der Waals surface area contributed by atoms with E-state index in [0.717, 1.165) is 24.9 Å². The van der Waals surface area contributed by atoms with Gasteiger partial charge in [-0.2, -0.15) is 4.98 Å². The lowest BCUT2D eigenvalue weighted by atomic mass is 10.0. The van der Waals surface area contributed by atoms with Crippen molar-refractivity contribution in [3.8, 4) is 11.4 Å². The summed E-state index contributed by atoms with van der Waals surface area (Å²) in [7, 11) is 0. The fourth-order valence-corrected chi connectivity index (χ4v) is 3.41. The number of benzene rings is 1. The van der Waals surface area contributed by atoms with Crippen molar-refractivity contribution in [2.75, 3.05) is 6.54 Å². The van der Waals surface area contributed by atoms with Crippen molar-refractivity contribution in [1.82, 2.24) is 15.0 Å². The van der Waals surface area contributed by atoms with Gasteiger partial charge in [0.2, 0.25) is 11.7 Å². The summed E-state index contributed by atoms with van der Waals surface area (Å²) in [5.74, 6) is 1.81. The highest BCUT2D eigenvalue weighted by Gasteiger charge is 2.34. The highest BCUT2D eigenvalue weighted by molar-refractivity contribution is 5.54. The molecule has 0 saturated carbocycles. The topological polar surface area (TPSA) is 68.2 Å². The molecule has 5 nitrogen and oxygen atoms in total. The fraction of sp³-hybridized carbons (Fsp3) is 0.524. The summed E-state index contributed by atoms with van der Waals surface area (Å²) in [6.07, 6.45) is 10.1. The Bertz CT molecular complexity index is 707. The van der Waals surface area contributed by atoms with Gasteiger partial charge in [-0.15, -0.1) is 0 Å². The van der Waals surface area contributed by atoms with E-state index >= 15 is 0 Å². The second-order valence-electron chi connectivity index (χ2n) is 7.16. The van der Waals surface area contributed by atoms with Gasteiger partial charge >= 0.3 is 0 Å². The van der Waals surface area contributed by atoms with Crippen molar-refractivity contribution in [2.24, 2.45) is 5.73 Å².